The van der Waals surface area contributed by atoms with Crippen LogP contribution < -0.4 is 4.74 Å². The van der Waals surface area contributed by atoms with Crippen molar-refractivity contribution in [3.05, 3.63) is 29.8 Å². The molecule has 7 rings (SSSR count). The minimum Gasteiger partial charge on any atom is -0.462 e. The van der Waals surface area contributed by atoms with E-state index in [9.17, 15) is 20.4 Å². The van der Waals surface area contributed by atoms with Gasteiger partial charge in [0, 0.05) is 12.6 Å². The summed E-state index contributed by atoms with van der Waals surface area (Å²) in [6.45, 7) is -0.584. The van der Waals surface area contributed by atoms with Crippen molar-refractivity contribution in [3.63, 3.8) is 0 Å². The van der Waals surface area contributed by atoms with E-state index in [0.717, 1.165) is 25.7 Å². The lowest BCUT2D eigenvalue weighted by Crippen LogP contribution is -2.76. The Morgan fingerprint density at radius 3 is 2.33 bits per heavy atom. The largest absolute Gasteiger partial charge is 0.462 e. The molecule has 4 bridgehead atoms. The van der Waals surface area contributed by atoms with E-state index in [2.05, 4.69) is 0 Å². The highest BCUT2D eigenvalue weighted by Gasteiger charge is 2.76. The van der Waals surface area contributed by atoms with Gasteiger partial charge < -0.3 is 34.6 Å². The molecule has 6 atom stereocenters. The van der Waals surface area contributed by atoms with Gasteiger partial charge in [-0.3, -0.25) is 0 Å². The highest BCUT2D eigenvalue weighted by atomic mass is 17.3. The van der Waals surface area contributed by atoms with Gasteiger partial charge in [0.05, 0.1) is 10.7 Å². The minimum atomic E-state index is -2.76. The van der Waals surface area contributed by atoms with Crippen LogP contribution in [0.1, 0.15) is 41.8 Å². The predicted octanol–water partition coefficient (Wildman–Crippen LogP) is 0.821. The van der Waals surface area contributed by atoms with Gasteiger partial charge in [-0.25, -0.2) is 4.89 Å². The molecule has 9 heteroatoms. The molecule has 0 radical (unpaired) electrons. The number of benzene rings is 1. The van der Waals surface area contributed by atoms with Gasteiger partial charge in [0.15, 0.2) is 5.60 Å². The van der Waals surface area contributed by atoms with Gasteiger partial charge in [0.2, 0.25) is 6.29 Å². The fourth-order valence-corrected chi connectivity index (χ4v) is 7.27. The molecule has 1 spiro atoms. The van der Waals surface area contributed by atoms with Crippen molar-refractivity contribution in [1.82, 2.24) is 0 Å². The SMILES string of the molecule is [2H]C([2H])([2H])OC1(c2cccc(O[C@@H]3OC(CO)[C@H](O)[C@H](O)C3O)c2)OOC12C1CC3CC(C1)CC2C3. The van der Waals surface area contributed by atoms with Crippen molar-refractivity contribution in [3.8, 4) is 5.75 Å². The van der Waals surface area contributed by atoms with Crippen LogP contribution in [0.15, 0.2) is 24.3 Å². The Morgan fingerprint density at radius 1 is 1.00 bits per heavy atom. The second-order valence-electron chi connectivity index (χ2n) is 10.3. The Balaban J connectivity index is 1.34. The van der Waals surface area contributed by atoms with Crippen molar-refractivity contribution in [1.29, 1.82) is 0 Å². The summed E-state index contributed by atoms with van der Waals surface area (Å²) >= 11 is 0. The quantitative estimate of drug-likeness (QED) is 0.466. The van der Waals surface area contributed by atoms with E-state index in [4.69, 9.17) is 28.1 Å². The van der Waals surface area contributed by atoms with E-state index in [1.165, 1.54) is 6.42 Å². The molecule has 2 saturated heterocycles. The predicted molar refractivity (Wildman–Crippen MR) is 111 cm³/mol. The average Bonchev–Trinajstić information content (AvgIpc) is 2.81. The summed E-state index contributed by atoms with van der Waals surface area (Å²) in [4.78, 5) is 11.6. The number of aliphatic hydroxyl groups is 4. The summed E-state index contributed by atoms with van der Waals surface area (Å²) in [6, 6.07) is 6.48. The highest BCUT2D eigenvalue weighted by molar-refractivity contribution is 5.36. The summed E-state index contributed by atoms with van der Waals surface area (Å²) in [5.74, 6) is -0.0721. The Labute approximate surface area is 196 Å². The van der Waals surface area contributed by atoms with Crippen LogP contribution in [-0.4, -0.2) is 70.4 Å². The van der Waals surface area contributed by atoms with Crippen molar-refractivity contribution < 1.29 is 48.5 Å². The van der Waals surface area contributed by atoms with Crippen molar-refractivity contribution in [2.24, 2.45) is 23.7 Å². The number of hydrogen-bond donors (Lipinski definition) is 4. The van der Waals surface area contributed by atoms with Crippen molar-refractivity contribution in [2.45, 2.75) is 74.2 Å². The third-order valence-electron chi connectivity index (χ3n) is 8.62. The van der Waals surface area contributed by atoms with Crippen LogP contribution in [0.3, 0.4) is 0 Å². The van der Waals surface area contributed by atoms with Gasteiger partial charge in [-0.15, -0.1) is 0 Å². The lowest BCUT2D eigenvalue weighted by atomic mass is 9.47. The third-order valence-corrected chi connectivity index (χ3v) is 8.62. The molecule has 9 nitrogen and oxygen atoms in total. The Morgan fingerprint density at radius 2 is 1.73 bits per heavy atom. The molecule has 6 aliphatic rings. The molecule has 1 aromatic carbocycles. The number of rotatable bonds is 5. The first-order valence-electron chi connectivity index (χ1n) is 13.2. The second kappa shape index (κ2) is 7.86. The summed E-state index contributed by atoms with van der Waals surface area (Å²) in [5, 5.41) is 40.0. The van der Waals surface area contributed by atoms with Gasteiger partial charge in [-0.2, -0.15) is 4.89 Å². The molecule has 4 N–H and O–H groups in total. The fourth-order valence-electron chi connectivity index (χ4n) is 7.27. The van der Waals surface area contributed by atoms with E-state index in [0.29, 0.717) is 17.4 Å². The highest BCUT2D eigenvalue weighted by Crippen LogP contribution is 2.69. The molecular formula is C24H32O9. The molecule has 2 heterocycles. The van der Waals surface area contributed by atoms with Crippen LogP contribution in [0.2, 0.25) is 0 Å². The summed E-state index contributed by atoms with van der Waals surface area (Å²) in [5.41, 5.74) is -0.532. The fraction of sp³-hybridized carbons (Fsp3) is 0.750. The van der Waals surface area contributed by atoms with Crippen molar-refractivity contribution >= 4 is 0 Å². The first kappa shape index (κ1) is 19.0. The third kappa shape index (κ3) is 3.01. The first-order chi connectivity index (χ1) is 17.1. The van der Waals surface area contributed by atoms with Gasteiger partial charge in [-0.05, 0) is 67.9 Å². The van der Waals surface area contributed by atoms with E-state index >= 15 is 0 Å². The van der Waals surface area contributed by atoms with Crippen LogP contribution in [-0.2, 0) is 25.0 Å². The molecule has 6 fully saturated rings. The smallest absolute Gasteiger partial charge is 0.260 e. The summed E-state index contributed by atoms with van der Waals surface area (Å²) < 4.78 is 40.8. The maximum atomic E-state index is 10.4. The summed E-state index contributed by atoms with van der Waals surface area (Å²) in [7, 11) is -2.76. The number of ether oxygens (including phenoxy) is 3. The summed E-state index contributed by atoms with van der Waals surface area (Å²) in [6.07, 6.45) is -2.25. The molecule has 4 aliphatic carbocycles. The second-order valence-corrected chi connectivity index (χ2v) is 10.3. The molecule has 4 saturated carbocycles. The minimum absolute atomic E-state index is 0.0971. The Bertz CT molecular complexity index is 960. The lowest BCUT2D eigenvalue weighted by Gasteiger charge is -2.68. The van der Waals surface area contributed by atoms with Crippen LogP contribution >= 0.6 is 0 Å². The molecule has 3 unspecified atom stereocenters. The van der Waals surface area contributed by atoms with Gasteiger partial charge in [0.25, 0.3) is 5.79 Å². The Hall–Kier alpha value is -1.30. The maximum Gasteiger partial charge on any atom is 0.260 e. The van der Waals surface area contributed by atoms with Crippen LogP contribution in [0.4, 0.5) is 0 Å². The van der Waals surface area contributed by atoms with E-state index < -0.39 is 55.7 Å². The molecule has 182 valence electrons. The van der Waals surface area contributed by atoms with Crippen LogP contribution in [0, 0.1) is 23.7 Å². The monoisotopic (exact) mass is 467 g/mol. The molecule has 0 amide bonds. The van der Waals surface area contributed by atoms with Gasteiger partial charge in [-0.1, -0.05) is 12.1 Å². The Kier molecular flexibility index (Phi) is 4.51. The van der Waals surface area contributed by atoms with Gasteiger partial charge in [0.1, 0.15) is 30.2 Å². The molecule has 1 aromatic rings. The van der Waals surface area contributed by atoms with Gasteiger partial charge >= 0.3 is 0 Å². The normalized spacial score (nSPS) is 52.1. The van der Waals surface area contributed by atoms with E-state index in [1.807, 2.05) is 0 Å². The van der Waals surface area contributed by atoms with E-state index in [-0.39, 0.29) is 17.6 Å². The van der Waals surface area contributed by atoms with Crippen molar-refractivity contribution in [2.75, 3.05) is 13.6 Å². The lowest BCUT2D eigenvalue weighted by molar-refractivity contribution is -0.645. The molecule has 0 aromatic heterocycles. The topological polar surface area (TPSA) is 127 Å². The molecule has 2 aliphatic heterocycles. The standard InChI is InChI=1S/C24H32O9/c1-29-24(23(32-33-24)15-6-12-5-13(8-15)9-16(23)7-12)14-3-2-4-17(10-14)30-22-21(28)20(27)19(26)18(11-25)31-22/h2-4,10,12-13,15-16,18-22,25-28H,5-9,11H2,1H3/t12?,13?,15?,16?,18?,19-,20-,21?,22+,23?,24?/m0/s1/i1D3. The van der Waals surface area contributed by atoms with Crippen LogP contribution in [0.5, 0.6) is 5.75 Å². The van der Waals surface area contributed by atoms with E-state index in [1.54, 1.807) is 24.3 Å². The first-order valence-corrected chi connectivity index (χ1v) is 11.7. The number of hydrogen-bond acceptors (Lipinski definition) is 9. The number of aliphatic hydroxyl groups excluding tert-OH is 4. The zero-order valence-electron chi connectivity index (χ0n) is 21.1. The number of methoxy groups -OCH3 is 1. The molecule has 33 heavy (non-hydrogen) atoms. The average molecular weight is 468 g/mol. The zero-order chi connectivity index (χ0) is 25.5. The maximum absolute atomic E-state index is 10.4. The zero-order valence-corrected chi connectivity index (χ0v) is 18.1. The van der Waals surface area contributed by atoms with Crippen LogP contribution in [0.25, 0.3) is 0 Å². The molecular weight excluding hydrogens is 432 g/mol.